The number of ketones is 1. The first-order valence-corrected chi connectivity index (χ1v) is 8.25. The molecule has 1 saturated heterocycles. The summed E-state index contributed by atoms with van der Waals surface area (Å²) in [5, 5.41) is 3.49. The summed E-state index contributed by atoms with van der Waals surface area (Å²) in [4.78, 5) is 14.0. The third-order valence-corrected chi connectivity index (χ3v) is 4.69. The van der Waals surface area contributed by atoms with E-state index in [4.69, 9.17) is 0 Å². The number of rotatable bonds is 9. The topological polar surface area (TPSA) is 32.3 Å². The van der Waals surface area contributed by atoms with E-state index in [2.05, 4.69) is 44.3 Å². The summed E-state index contributed by atoms with van der Waals surface area (Å²) in [7, 11) is 2.16. The zero-order valence-electron chi connectivity index (χ0n) is 14.2. The molecule has 3 heteroatoms. The first-order chi connectivity index (χ1) is 9.90. The Labute approximate surface area is 130 Å². The Morgan fingerprint density at radius 2 is 2.05 bits per heavy atom. The van der Waals surface area contributed by atoms with E-state index in [1.165, 1.54) is 6.42 Å². The Morgan fingerprint density at radius 3 is 2.52 bits per heavy atom. The lowest BCUT2D eigenvalue weighted by Crippen LogP contribution is -2.39. The van der Waals surface area contributed by atoms with Crippen LogP contribution in [0.25, 0.3) is 0 Å². The predicted octanol–water partition coefficient (Wildman–Crippen LogP) is 3.52. The van der Waals surface area contributed by atoms with Crippen LogP contribution in [-0.2, 0) is 4.79 Å². The lowest BCUT2D eigenvalue weighted by atomic mass is 9.97. The maximum atomic E-state index is 11.6. The summed E-state index contributed by atoms with van der Waals surface area (Å²) in [6.45, 7) is 15.4. The van der Waals surface area contributed by atoms with Crippen LogP contribution in [0.5, 0.6) is 0 Å². The molecule has 0 aromatic heterocycles. The SMILES string of the molecule is C=C(C(C)=O)C(CCCC)NC(=C)C1C[C@@H](CC)CN1C. The quantitative estimate of drug-likeness (QED) is 0.660. The Morgan fingerprint density at radius 1 is 1.38 bits per heavy atom. The van der Waals surface area contributed by atoms with Gasteiger partial charge in [-0.05, 0) is 32.7 Å². The largest absolute Gasteiger partial charge is 0.381 e. The molecule has 2 unspecified atom stereocenters. The van der Waals surface area contributed by atoms with Crippen molar-refractivity contribution >= 4 is 5.78 Å². The minimum atomic E-state index is 0.0315. The number of likely N-dealkylation sites (N-methyl/N-ethyl adjacent to an activating group) is 1. The van der Waals surface area contributed by atoms with Crippen molar-refractivity contribution < 1.29 is 4.79 Å². The van der Waals surface area contributed by atoms with Crippen LogP contribution in [0.3, 0.4) is 0 Å². The van der Waals surface area contributed by atoms with Crippen LogP contribution in [0.2, 0.25) is 0 Å². The summed E-state index contributed by atoms with van der Waals surface area (Å²) in [5.41, 5.74) is 1.72. The van der Waals surface area contributed by atoms with E-state index in [9.17, 15) is 4.79 Å². The second-order valence-corrected chi connectivity index (χ2v) is 6.41. The number of carbonyl (C=O) groups is 1. The molecule has 0 saturated carbocycles. The van der Waals surface area contributed by atoms with Gasteiger partial charge < -0.3 is 5.32 Å². The van der Waals surface area contributed by atoms with Gasteiger partial charge in [-0.2, -0.15) is 0 Å². The number of Topliss-reactive ketones (excluding diaryl/α,β-unsaturated/α-hetero) is 1. The van der Waals surface area contributed by atoms with Crippen molar-refractivity contribution in [2.75, 3.05) is 13.6 Å². The third kappa shape index (κ3) is 4.99. The third-order valence-electron chi connectivity index (χ3n) is 4.69. The highest BCUT2D eigenvalue weighted by Gasteiger charge is 2.31. The maximum Gasteiger partial charge on any atom is 0.157 e. The molecule has 0 spiro atoms. The average molecular weight is 292 g/mol. The van der Waals surface area contributed by atoms with E-state index in [1.54, 1.807) is 6.92 Å². The van der Waals surface area contributed by atoms with Crippen molar-refractivity contribution in [3.05, 3.63) is 24.4 Å². The lowest BCUT2D eigenvalue weighted by Gasteiger charge is -2.28. The predicted molar refractivity (Wildman–Crippen MR) is 90.2 cm³/mol. The van der Waals surface area contributed by atoms with E-state index in [0.717, 1.165) is 43.8 Å². The van der Waals surface area contributed by atoms with Gasteiger partial charge >= 0.3 is 0 Å². The smallest absolute Gasteiger partial charge is 0.157 e. The van der Waals surface area contributed by atoms with Gasteiger partial charge in [0.25, 0.3) is 0 Å². The van der Waals surface area contributed by atoms with Crippen molar-refractivity contribution in [1.29, 1.82) is 0 Å². The fourth-order valence-corrected chi connectivity index (χ4v) is 3.12. The molecular formula is C18H32N2O. The van der Waals surface area contributed by atoms with Crippen LogP contribution in [0, 0.1) is 5.92 Å². The van der Waals surface area contributed by atoms with Crippen molar-refractivity contribution in [2.45, 2.75) is 65.0 Å². The number of carbonyl (C=O) groups excluding carboxylic acids is 1. The zero-order valence-corrected chi connectivity index (χ0v) is 14.2. The Hall–Kier alpha value is -1.09. The number of likely N-dealkylation sites (tertiary alicyclic amines) is 1. The van der Waals surface area contributed by atoms with E-state index >= 15 is 0 Å². The molecule has 21 heavy (non-hydrogen) atoms. The second-order valence-electron chi connectivity index (χ2n) is 6.41. The minimum Gasteiger partial charge on any atom is -0.381 e. The summed E-state index contributed by atoms with van der Waals surface area (Å²) in [5.74, 6) is 0.825. The van der Waals surface area contributed by atoms with Crippen LogP contribution >= 0.6 is 0 Å². The standard InChI is InChI=1S/C18H32N2O/c1-7-9-10-17(13(3)15(5)21)19-14(4)18-11-16(8-2)12-20(18)6/h16-19H,3-4,7-12H2,1-2,5-6H3/t16-,17?,18?/m1/s1. The average Bonchev–Trinajstić information content (AvgIpc) is 2.83. The highest BCUT2D eigenvalue weighted by atomic mass is 16.1. The molecule has 1 rings (SSSR count). The fourth-order valence-electron chi connectivity index (χ4n) is 3.12. The highest BCUT2D eigenvalue weighted by molar-refractivity contribution is 5.93. The van der Waals surface area contributed by atoms with Gasteiger partial charge in [-0.15, -0.1) is 0 Å². The Bertz CT molecular complexity index is 389. The summed E-state index contributed by atoms with van der Waals surface area (Å²) >= 11 is 0. The maximum absolute atomic E-state index is 11.6. The van der Waals surface area contributed by atoms with Crippen molar-refractivity contribution in [2.24, 2.45) is 5.92 Å². The number of nitrogens with zero attached hydrogens (tertiary/aromatic N) is 1. The summed E-state index contributed by atoms with van der Waals surface area (Å²) in [6.07, 6.45) is 5.54. The van der Waals surface area contributed by atoms with Gasteiger partial charge in [0, 0.05) is 23.9 Å². The van der Waals surface area contributed by atoms with Gasteiger partial charge in [0.1, 0.15) is 0 Å². The second kappa shape index (κ2) is 8.38. The van der Waals surface area contributed by atoms with Gasteiger partial charge in [0.2, 0.25) is 0 Å². The van der Waals surface area contributed by atoms with Crippen LogP contribution < -0.4 is 5.32 Å². The molecule has 0 bridgehead atoms. The zero-order chi connectivity index (χ0) is 16.0. The molecule has 3 atom stereocenters. The van der Waals surface area contributed by atoms with Gasteiger partial charge in [-0.1, -0.05) is 46.3 Å². The number of nitrogens with one attached hydrogen (secondary N) is 1. The van der Waals surface area contributed by atoms with Crippen LogP contribution in [0.4, 0.5) is 0 Å². The van der Waals surface area contributed by atoms with Crippen molar-refractivity contribution in [3.8, 4) is 0 Å². The molecule has 0 aliphatic carbocycles. The minimum absolute atomic E-state index is 0.0315. The van der Waals surface area contributed by atoms with Crippen molar-refractivity contribution in [3.63, 3.8) is 0 Å². The van der Waals surface area contributed by atoms with Gasteiger partial charge in [-0.25, -0.2) is 0 Å². The van der Waals surface area contributed by atoms with Crippen molar-refractivity contribution in [1.82, 2.24) is 10.2 Å². The van der Waals surface area contributed by atoms with Gasteiger partial charge in [-0.3, -0.25) is 9.69 Å². The first kappa shape index (κ1) is 18.0. The van der Waals surface area contributed by atoms with E-state index in [-0.39, 0.29) is 11.8 Å². The molecule has 0 aromatic carbocycles. The monoisotopic (exact) mass is 292 g/mol. The Balaban J connectivity index is 2.67. The molecule has 3 nitrogen and oxygen atoms in total. The molecule has 1 aliphatic heterocycles. The lowest BCUT2D eigenvalue weighted by molar-refractivity contribution is -0.113. The summed E-state index contributed by atoms with van der Waals surface area (Å²) in [6, 6.07) is 0.405. The normalized spacial score (nSPS) is 23.8. The van der Waals surface area contributed by atoms with Crippen LogP contribution in [-0.4, -0.2) is 36.4 Å². The van der Waals surface area contributed by atoms with Gasteiger partial charge in [0.15, 0.2) is 5.78 Å². The number of hydrogen-bond acceptors (Lipinski definition) is 3. The molecule has 120 valence electrons. The molecule has 1 fully saturated rings. The van der Waals surface area contributed by atoms with E-state index < -0.39 is 0 Å². The molecule has 0 amide bonds. The molecular weight excluding hydrogens is 260 g/mol. The molecule has 0 aromatic rings. The first-order valence-electron chi connectivity index (χ1n) is 8.25. The van der Waals surface area contributed by atoms with E-state index in [0.29, 0.717) is 11.6 Å². The number of hydrogen-bond donors (Lipinski definition) is 1. The molecule has 1 aliphatic rings. The van der Waals surface area contributed by atoms with E-state index in [1.807, 2.05) is 0 Å². The molecule has 0 radical (unpaired) electrons. The van der Waals surface area contributed by atoms with Crippen LogP contribution in [0.1, 0.15) is 52.9 Å². The fraction of sp³-hybridized carbons (Fsp3) is 0.722. The molecule has 1 N–H and O–H groups in total. The highest BCUT2D eigenvalue weighted by Crippen LogP contribution is 2.28. The Kier molecular flexibility index (Phi) is 7.16. The summed E-state index contributed by atoms with van der Waals surface area (Å²) < 4.78 is 0. The molecule has 1 heterocycles. The number of unbranched alkanes of at least 4 members (excludes halogenated alkanes) is 1. The van der Waals surface area contributed by atoms with Gasteiger partial charge in [0.05, 0.1) is 6.04 Å². The van der Waals surface area contributed by atoms with Crippen LogP contribution in [0.15, 0.2) is 24.4 Å².